The molecule has 0 amide bonds. The Hall–Kier alpha value is -1.28. The highest BCUT2D eigenvalue weighted by atomic mass is 127. The fourth-order valence-electron chi connectivity index (χ4n) is 1.99. The number of carbonyl (C=O) groups is 1. The number of hydrogen-bond acceptors (Lipinski definition) is 5. The van der Waals surface area contributed by atoms with E-state index in [0.717, 1.165) is 9.13 Å². The monoisotopic (exact) mass is 448 g/mol. The molecule has 1 aromatic carbocycles. The third-order valence-corrected chi connectivity index (χ3v) is 4.11. The highest BCUT2D eigenvalue weighted by Gasteiger charge is 2.28. The number of rotatable bonds is 8. The summed E-state index contributed by atoms with van der Waals surface area (Å²) in [5, 5.41) is 0. The van der Waals surface area contributed by atoms with Crippen molar-refractivity contribution in [2.45, 2.75) is 46.5 Å². The molecule has 0 aromatic heterocycles. The van der Waals surface area contributed by atoms with Gasteiger partial charge in [0.05, 0.1) is 10.7 Å². The van der Waals surface area contributed by atoms with Crippen LogP contribution < -0.4 is 9.47 Å². The van der Waals surface area contributed by atoms with Crippen molar-refractivity contribution in [2.75, 3.05) is 13.7 Å². The van der Waals surface area contributed by atoms with E-state index < -0.39 is 17.9 Å². The van der Waals surface area contributed by atoms with E-state index in [-0.39, 0.29) is 0 Å². The van der Waals surface area contributed by atoms with Gasteiger partial charge in [0.25, 0.3) is 0 Å². The summed E-state index contributed by atoms with van der Waals surface area (Å²) in [5.74, 6) is 0.729. The molecule has 134 valence electrons. The Bertz CT molecular complexity index is 610. The molecule has 1 atom stereocenters. The first-order valence-electron chi connectivity index (χ1n) is 7.67. The van der Waals surface area contributed by atoms with Crippen LogP contribution >= 0.6 is 22.6 Å². The molecule has 0 aliphatic carbocycles. The molecular formula is C18H25IO5. The van der Waals surface area contributed by atoms with Gasteiger partial charge in [0.2, 0.25) is 0 Å². The second-order valence-corrected chi connectivity index (χ2v) is 6.97. The molecule has 0 N–H and O–H groups in total. The van der Waals surface area contributed by atoms with Gasteiger partial charge in [0.15, 0.2) is 17.8 Å². The smallest absolute Gasteiger partial charge is 0.333 e. The van der Waals surface area contributed by atoms with E-state index in [2.05, 4.69) is 29.2 Å². The molecule has 1 aromatic rings. The van der Waals surface area contributed by atoms with Gasteiger partial charge in [-0.1, -0.05) is 6.58 Å². The van der Waals surface area contributed by atoms with Crippen molar-refractivity contribution in [3.63, 3.8) is 0 Å². The van der Waals surface area contributed by atoms with Crippen LogP contribution in [0.25, 0.3) is 0 Å². The number of halogens is 1. The van der Waals surface area contributed by atoms with Crippen LogP contribution in [0.4, 0.5) is 0 Å². The van der Waals surface area contributed by atoms with Gasteiger partial charge < -0.3 is 18.9 Å². The zero-order valence-electron chi connectivity index (χ0n) is 15.1. The Kier molecular flexibility index (Phi) is 7.54. The highest BCUT2D eigenvalue weighted by molar-refractivity contribution is 14.1. The van der Waals surface area contributed by atoms with Gasteiger partial charge >= 0.3 is 5.97 Å². The summed E-state index contributed by atoms with van der Waals surface area (Å²) >= 11 is 2.17. The number of carbonyl (C=O) groups excluding carboxylic acids is 1. The largest absolute Gasteiger partial charge is 0.493 e. The zero-order chi connectivity index (χ0) is 18.5. The van der Waals surface area contributed by atoms with Crippen molar-refractivity contribution in [3.8, 4) is 11.5 Å². The predicted molar refractivity (Wildman–Crippen MR) is 101 cm³/mol. The highest BCUT2D eigenvalue weighted by Crippen LogP contribution is 2.39. The summed E-state index contributed by atoms with van der Waals surface area (Å²) in [6.07, 6.45) is -0.391. The minimum absolute atomic E-state index is 0.357. The molecule has 0 radical (unpaired) electrons. The van der Waals surface area contributed by atoms with Crippen LogP contribution in [-0.4, -0.2) is 26.0 Å². The third kappa shape index (κ3) is 5.37. The summed E-state index contributed by atoms with van der Waals surface area (Å²) in [7, 11) is 1.57. The first kappa shape index (κ1) is 20.8. The maximum atomic E-state index is 11.9. The van der Waals surface area contributed by atoms with E-state index in [9.17, 15) is 4.79 Å². The van der Waals surface area contributed by atoms with Gasteiger partial charge in [-0.05, 0) is 74.9 Å². The van der Waals surface area contributed by atoms with Crippen LogP contribution in [0, 0.1) is 3.57 Å². The van der Waals surface area contributed by atoms with Gasteiger partial charge in [-0.15, -0.1) is 0 Å². The average molecular weight is 448 g/mol. The standard InChI is InChI=1S/C18H25IO5/c1-8-22-12(4)23-16-14(19)9-13(10-15(16)21-7)18(5,6)24-17(20)11(2)3/h9-10,12H,2,8H2,1,3-7H3. The number of benzene rings is 1. The molecule has 0 aliphatic heterocycles. The van der Waals surface area contributed by atoms with Gasteiger partial charge in [-0.25, -0.2) is 4.79 Å². The van der Waals surface area contributed by atoms with E-state index in [4.69, 9.17) is 18.9 Å². The molecule has 0 fully saturated rings. The minimum atomic E-state index is -0.826. The van der Waals surface area contributed by atoms with E-state index >= 15 is 0 Å². The molecule has 6 heteroatoms. The van der Waals surface area contributed by atoms with E-state index in [1.807, 2.05) is 39.8 Å². The lowest BCUT2D eigenvalue weighted by molar-refractivity contribution is -0.152. The number of methoxy groups -OCH3 is 1. The molecule has 0 spiro atoms. The van der Waals surface area contributed by atoms with Crippen LogP contribution in [0.3, 0.4) is 0 Å². The predicted octanol–water partition coefficient (Wildman–Crippen LogP) is 4.42. The Labute approximate surface area is 157 Å². The molecule has 0 aliphatic rings. The third-order valence-electron chi connectivity index (χ3n) is 3.31. The second-order valence-electron chi connectivity index (χ2n) is 5.81. The van der Waals surface area contributed by atoms with Gasteiger partial charge in [0.1, 0.15) is 5.60 Å². The Morgan fingerprint density at radius 1 is 1.38 bits per heavy atom. The molecule has 1 rings (SSSR count). The summed E-state index contributed by atoms with van der Waals surface area (Å²) < 4.78 is 23.1. The van der Waals surface area contributed by atoms with Crippen molar-refractivity contribution >= 4 is 28.6 Å². The fraction of sp³-hybridized carbons (Fsp3) is 0.500. The Morgan fingerprint density at radius 2 is 2.00 bits per heavy atom. The average Bonchev–Trinajstić information content (AvgIpc) is 2.48. The van der Waals surface area contributed by atoms with Crippen molar-refractivity contribution in [1.82, 2.24) is 0 Å². The maximum Gasteiger partial charge on any atom is 0.333 e. The lowest BCUT2D eigenvalue weighted by atomic mass is 9.97. The van der Waals surface area contributed by atoms with Crippen LogP contribution in [0.2, 0.25) is 0 Å². The van der Waals surface area contributed by atoms with Gasteiger partial charge in [-0.3, -0.25) is 0 Å². The molecule has 1 unspecified atom stereocenters. The van der Waals surface area contributed by atoms with Crippen LogP contribution in [-0.2, 0) is 19.9 Å². The summed E-state index contributed by atoms with van der Waals surface area (Å²) in [4.78, 5) is 11.9. The minimum Gasteiger partial charge on any atom is -0.493 e. The molecule has 5 nitrogen and oxygen atoms in total. The summed E-state index contributed by atoms with van der Waals surface area (Å²) in [5.41, 5.74) is 0.331. The van der Waals surface area contributed by atoms with E-state index in [1.165, 1.54) is 0 Å². The molecule has 0 saturated heterocycles. The number of hydrogen-bond donors (Lipinski definition) is 0. The number of esters is 1. The van der Waals surface area contributed by atoms with Crippen LogP contribution in [0.1, 0.15) is 40.2 Å². The van der Waals surface area contributed by atoms with Crippen molar-refractivity contribution in [2.24, 2.45) is 0 Å². The summed E-state index contributed by atoms with van der Waals surface area (Å²) in [6.45, 7) is 13.2. The second kappa shape index (κ2) is 8.71. The van der Waals surface area contributed by atoms with Gasteiger partial charge in [0, 0.05) is 12.2 Å². The lowest BCUT2D eigenvalue weighted by Crippen LogP contribution is -2.26. The maximum absolute atomic E-state index is 11.9. The van der Waals surface area contributed by atoms with E-state index in [1.54, 1.807) is 14.0 Å². The topological polar surface area (TPSA) is 54.0 Å². The first-order valence-corrected chi connectivity index (χ1v) is 8.75. The van der Waals surface area contributed by atoms with Crippen molar-refractivity contribution in [1.29, 1.82) is 0 Å². The molecule has 24 heavy (non-hydrogen) atoms. The van der Waals surface area contributed by atoms with Crippen LogP contribution in [0.15, 0.2) is 24.3 Å². The Balaban J connectivity index is 3.17. The fourth-order valence-corrected chi connectivity index (χ4v) is 2.72. The SMILES string of the molecule is C=C(C)C(=O)OC(C)(C)c1cc(I)c(OC(C)OCC)c(OC)c1. The molecule has 0 bridgehead atoms. The molecule has 0 saturated carbocycles. The van der Waals surface area contributed by atoms with Crippen molar-refractivity contribution in [3.05, 3.63) is 33.4 Å². The zero-order valence-corrected chi connectivity index (χ0v) is 17.2. The normalized spacial score (nSPS) is 12.5. The lowest BCUT2D eigenvalue weighted by Gasteiger charge is -2.27. The van der Waals surface area contributed by atoms with Gasteiger partial charge in [-0.2, -0.15) is 0 Å². The molecule has 0 heterocycles. The quantitative estimate of drug-likeness (QED) is 0.255. The first-order chi connectivity index (χ1) is 11.1. The van der Waals surface area contributed by atoms with Crippen molar-refractivity contribution < 1.29 is 23.7 Å². The van der Waals surface area contributed by atoms with Crippen LogP contribution in [0.5, 0.6) is 11.5 Å². The summed E-state index contributed by atoms with van der Waals surface area (Å²) in [6, 6.07) is 3.71. The van der Waals surface area contributed by atoms with E-state index in [0.29, 0.717) is 23.7 Å². The Morgan fingerprint density at radius 3 is 2.50 bits per heavy atom. The molecular weight excluding hydrogens is 423 g/mol. The number of ether oxygens (including phenoxy) is 4.